The van der Waals surface area contributed by atoms with E-state index in [9.17, 15) is 31.4 Å². The average molecular weight is 501 g/mol. The molecule has 0 amide bonds. The molecular weight excluding hydrogens is 484 g/mol. The van der Waals surface area contributed by atoms with Gasteiger partial charge in [-0.25, -0.2) is 9.97 Å². The maximum atomic E-state index is 13.0. The van der Waals surface area contributed by atoms with Crippen LogP contribution in [0.3, 0.4) is 0 Å². The minimum atomic E-state index is -5.96. The number of nitrogens with two attached hydrogens (primary N) is 1. The summed E-state index contributed by atoms with van der Waals surface area (Å²) in [5, 5.41) is 14.3. The molecule has 0 aliphatic heterocycles. The second-order valence-electron chi connectivity index (χ2n) is 7.49. The topological polar surface area (TPSA) is 108 Å². The van der Waals surface area contributed by atoms with Crippen LogP contribution in [0.2, 0.25) is 0 Å². The number of para-hydroxylation sites is 1. The molecule has 35 heavy (non-hydrogen) atoms. The number of fused-ring (bicyclic) bond motifs is 3. The van der Waals surface area contributed by atoms with Crippen molar-refractivity contribution in [3.63, 3.8) is 0 Å². The molecule has 0 spiro atoms. The molecule has 0 unspecified atom stereocenters. The van der Waals surface area contributed by atoms with Gasteiger partial charge in [0.15, 0.2) is 11.5 Å². The third kappa shape index (κ3) is 4.18. The van der Waals surface area contributed by atoms with Crippen molar-refractivity contribution in [3.05, 3.63) is 59.4 Å². The first-order chi connectivity index (χ1) is 16.4. The molecule has 0 aliphatic carbocycles. The smallest absolute Gasteiger partial charge is 0.430 e. The molecule has 3 N–H and O–H groups in total. The van der Waals surface area contributed by atoms with Gasteiger partial charge in [-0.1, -0.05) is 30.3 Å². The Hall–Kier alpha value is -3.65. The van der Waals surface area contributed by atoms with Crippen molar-refractivity contribution in [1.29, 1.82) is 0 Å². The molecule has 0 atom stereocenters. The van der Waals surface area contributed by atoms with E-state index in [1.807, 2.05) is 0 Å². The highest BCUT2D eigenvalue weighted by Gasteiger charge is 2.71. The molecular formula is C21H17F6N5O3. The predicted octanol–water partition coefficient (Wildman–Crippen LogP) is 3.90. The lowest BCUT2D eigenvalue weighted by Crippen LogP contribution is -2.53. The fourth-order valence-electron chi connectivity index (χ4n) is 3.49. The van der Waals surface area contributed by atoms with Crippen molar-refractivity contribution < 1.29 is 40.9 Å². The Labute approximate surface area is 192 Å². The Bertz CT molecular complexity index is 1350. The third-order valence-corrected chi connectivity index (χ3v) is 5.25. The van der Waals surface area contributed by atoms with Crippen LogP contribution < -0.4 is 10.5 Å². The standard InChI is InChI=1S/C21H17F6N5O3/c1-34-14-4-2-3-13-16(14)30-18(28)32-17(13)29-15(31-32)10-35-9-11-5-7-12(8-6-11)19(33,20(22,23)24)21(25,26)27/h2-8,33H,9-10H2,1H3,(H2,28,30). The van der Waals surface area contributed by atoms with Crippen LogP contribution in [0.5, 0.6) is 5.75 Å². The zero-order chi connectivity index (χ0) is 25.6. The molecule has 4 rings (SSSR count). The summed E-state index contributed by atoms with van der Waals surface area (Å²) in [6.45, 7) is -0.308. The van der Waals surface area contributed by atoms with Crippen LogP contribution in [0.25, 0.3) is 16.6 Å². The summed E-state index contributed by atoms with van der Waals surface area (Å²) >= 11 is 0. The van der Waals surface area contributed by atoms with Gasteiger partial charge >= 0.3 is 12.4 Å². The number of benzene rings is 2. The summed E-state index contributed by atoms with van der Waals surface area (Å²) in [6, 6.07) is 8.30. The van der Waals surface area contributed by atoms with Gasteiger partial charge in [-0.3, -0.25) is 0 Å². The van der Waals surface area contributed by atoms with Crippen LogP contribution in [0.15, 0.2) is 42.5 Å². The number of hydrogen-bond donors (Lipinski definition) is 2. The summed E-state index contributed by atoms with van der Waals surface area (Å²) < 4.78 is 90.1. The fraction of sp³-hybridized carbons (Fsp3) is 0.286. The van der Waals surface area contributed by atoms with E-state index < -0.39 is 23.5 Å². The zero-order valence-corrected chi connectivity index (χ0v) is 17.9. The van der Waals surface area contributed by atoms with Gasteiger partial charge in [0.25, 0.3) is 5.60 Å². The first-order valence-corrected chi connectivity index (χ1v) is 9.87. The van der Waals surface area contributed by atoms with E-state index in [1.165, 1.54) is 11.6 Å². The van der Waals surface area contributed by atoms with Gasteiger partial charge in [0.1, 0.15) is 17.9 Å². The molecule has 2 aromatic heterocycles. The average Bonchev–Trinajstić information content (AvgIpc) is 3.22. The minimum Gasteiger partial charge on any atom is -0.494 e. The molecule has 0 saturated carbocycles. The molecule has 186 valence electrons. The number of alkyl halides is 6. The Morgan fingerprint density at radius 3 is 2.20 bits per heavy atom. The Kier molecular flexibility index (Phi) is 5.97. The number of methoxy groups -OCH3 is 1. The lowest BCUT2D eigenvalue weighted by molar-refractivity contribution is -0.376. The van der Waals surface area contributed by atoms with Gasteiger partial charge in [0, 0.05) is 10.9 Å². The lowest BCUT2D eigenvalue weighted by atomic mass is 9.91. The lowest BCUT2D eigenvalue weighted by Gasteiger charge is -2.32. The van der Waals surface area contributed by atoms with Gasteiger partial charge in [0.05, 0.1) is 13.7 Å². The van der Waals surface area contributed by atoms with Crippen molar-refractivity contribution in [2.45, 2.75) is 31.2 Å². The van der Waals surface area contributed by atoms with Crippen molar-refractivity contribution in [2.24, 2.45) is 0 Å². The number of rotatable bonds is 6. The highest BCUT2D eigenvalue weighted by molar-refractivity contribution is 5.95. The summed E-state index contributed by atoms with van der Waals surface area (Å²) in [5.74, 6) is 0.756. The molecule has 8 nitrogen and oxygen atoms in total. The largest absolute Gasteiger partial charge is 0.494 e. The molecule has 0 fully saturated rings. The second-order valence-corrected chi connectivity index (χ2v) is 7.49. The molecule has 0 saturated heterocycles. The van der Waals surface area contributed by atoms with Crippen LogP contribution in [0, 0.1) is 0 Å². The molecule has 0 radical (unpaired) electrons. The summed E-state index contributed by atoms with van der Waals surface area (Å²) in [5.41, 5.74) is 0.766. The summed E-state index contributed by atoms with van der Waals surface area (Å²) in [6.07, 6.45) is -11.9. The van der Waals surface area contributed by atoms with Crippen molar-refractivity contribution >= 4 is 22.5 Å². The van der Waals surface area contributed by atoms with Crippen LogP contribution in [-0.4, -0.2) is 44.2 Å². The molecule has 0 bridgehead atoms. The van der Waals surface area contributed by atoms with E-state index in [0.717, 1.165) is 12.1 Å². The third-order valence-electron chi connectivity index (χ3n) is 5.25. The maximum Gasteiger partial charge on any atom is 0.430 e. The van der Waals surface area contributed by atoms with Gasteiger partial charge in [0.2, 0.25) is 5.95 Å². The quantitative estimate of drug-likeness (QED) is 0.386. The molecule has 2 heterocycles. The first kappa shape index (κ1) is 24.5. The summed E-state index contributed by atoms with van der Waals surface area (Å²) in [4.78, 5) is 8.65. The number of ether oxygens (including phenoxy) is 2. The number of anilines is 1. The molecule has 2 aromatic carbocycles. The number of aliphatic hydroxyl groups is 1. The van der Waals surface area contributed by atoms with Gasteiger partial charge in [-0.2, -0.15) is 30.9 Å². The van der Waals surface area contributed by atoms with E-state index >= 15 is 0 Å². The molecule has 0 aliphatic rings. The van der Waals surface area contributed by atoms with Crippen LogP contribution in [-0.2, 0) is 23.6 Å². The highest BCUT2D eigenvalue weighted by atomic mass is 19.4. The van der Waals surface area contributed by atoms with Gasteiger partial charge in [-0.15, -0.1) is 5.10 Å². The second kappa shape index (κ2) is 8.53. The van der Waals surface area contributed by atoms with Crippen molar-refractivity contribution in [3.8, 4) is 5.75 Å². The SMILES string of the molecule is COc1cccc2c1nc(N)n1nc(COCc3ccc(C(O)(C(F)(F)F)C(F)(F)F)cc3)nc21. The monoisotopic (exact) mass is 501 g/mol. The predicted molar refractivity (Wildman–Crippen MR) is 110 cm³/mol. The van der Waals surface area contributed by atoms with Crippen molar-refractivity contribution in [1.82, 2.24) is 19.6 Å². The molecule has 4 aromatic rings. The Morgan fingerprint density at radius 1 is 0.943 bits per heavy atom. The highest BCUT2D eigenvalue weighted by Crippen LogP contribution is 2.49. The summed E-state index contributed by atoms with van der Waals surface area (Å²) in [7, 11) is 1.49. The normalized spacial score (nSPS) is 13.0. The van der Waals surface area contributed by atoms with E-state index in [-0.39, 0.29) is 30.5 Å². The van der Waals surface area contributed by atoms with Crippen LogP contribution in [0.4, 0.5) is 32.3 Å². The van der Waals surface area contributed by atoms with E-state index in [4.69, 9.17) is 15.2 Å². The fourth-order valence-corrected chi connectivity index (χ4v) is 3.49. The van der Waals surface area contributed by atoms with Gasteiger partial charge < -0.3 is 20.3 Å². The number of halogens is 6. The maximum absolute atomic E-state index is 13.0. The van der Waals surface area contributed by atoms with E-state index in [2.05, 4.69) is 15.1 Å². The van der Waals surface area contributed by atoms with Crippen LogP contribution in [0.1, 0.15) is 17.0 Å². The number of aromatic nitrogens is 4. The number of nitrogens with zero attached hydrogens (tertiary/aromatic N) is 4. The van der Waals surface area contributed by atoms with Crippen LogP contribution >= 0.6 is 0 Å². The minimum absolute atomic E-state index is 0.0492. The number of nitrogen functional groups attached to an aromatic ring is 1. The Balaban J connectivity index is 1.51. The molecule has 14 heteroatoms. The van der Waals surface area contributed by atoms with Gasteiger partial charge in [-0.05, 0) is 17.7 Å². The van der Waals surface area contributed by atoms with E-state index in [0.29, 0.717) is 34.4 Å². The number of hydrogen-bond acceptors (Lipinski definition) is 7. The van der Waals surface area contributed by atoms with E-state index in [1.54, 1.807) is 18.2 Å². The Morgan fingerprint density at radius 2 is 1.60 bits per heavy atom. The zero-order valence-electron chi connectivity index (χ0n) is 17.9. The first-order valence-electron chi connectivity index (χ1n) is 9.87. The van der Waals surface area contributed by atoms with Crippen molar-refractivity contribution in [2.75, 3.05) is 12.8 Å².